The molecule has 17 heavy (non-hydrogen) atoms. The molecule has 1 N–H and O–H groups in total. The smallest absolute Gasteiger partial charge is 0.388 e. The first-order valence-corrected chi connectivity index (χ1v) is 5.03. The van der Waals surface area contributed by atoms with Crippen molar-refractivity contribution in [3.05, 3.63) is 11.6 Å². The Morgan fingerprint density at radius 2 is 1.88 bits per heavy atom. The molecule has 1 aromatic rings. The molecule has 1 rings (SSSR count). The molecule has 98 valence electrons. The normalized spacial score (nSPS) is 12.4. The summed E-state index contributed by atoms with van der Waals surface area (Å²) in [7, 11) is 0. The number of hydrogen-bond donors (Lipinski definition) is 1. The number of aromatic nitrogens is 3. The van der Waals surface area contributed by atoms with Crippen molar-refractivity contribution >= 4 is 0 Å². The van der Waals surface area contributed by atoms with E-state index in [1.165, 1.54) is 0 Å². The maximum Gasteiger partial charge on any atom is 0.411 e. The first-order chi connectivity index (χ1) is 7.85. The molecule has 0 amide bonds. The molecule has 0 aromatic carbocycles. The van der Waals surface area contributed by atoms with Gasteiger partial charge in [0.2, 0.25) is 0 Å². The van der Waals surface area contributed by atoms with Gasteiger partial charge in [-0.2, -0.15) is 13.2 Å². The minimum atomic E-state index is -4.36. The van der Waals surface area contributed by atoms with Crippen LogP contribution in [0.4, 0.5) is 13.2 Å². The molecule has 0 aliphatic heterocycles. The van der Waals surface area contributed by atoms with Crippen LogP contribution in [0.1, 0.15) is 31.5 Å². The average molecular weight is 253 g/mol. The fourth-order valence-corrected chi connectivity index (χ4v) is 1.42. The van der Waals surface area contributed by atoms with Gasteiger partial charge in [-0.15, -0.1) is 10.2 Å². The van der Waals surface area contributed by atoms with E-state index in [1.807, 2.05) is 13.8 Å². The van der Waals surface area contributed by atoms with Gasteiger partial charge in [-0.3, -0.25) is 0 Å². The highest BCUT2D eigenvalue weighted by Crippen LogP contribution is 2.17. The van der Waals surface area contributed by atoms with E-state index in [2.05, 4.69) is 14.9 Å². The van der Waals surface area contributed by atoms with E-state index >= 15 is 0 Å². The SMILES string of the molecule is CC(C)n1c(CO)nnc1COCC(F)(F)F. The van der Waals surface area contributed by atoms with Crippen molar-refractivity contribution < 1.29 is 23.0 Å². The predicted octanol–water partition coefficient (Wildman–Crippen LogP) is 1.43. The van der Waals surface area contributed by atoms with Crippen molar-refractivity contribution in [3.8, 4) is 0 Å². The lowest BCUT2D eigenvalue weighted by Crippen LogP contribution is -2.18. The Bertz CT molecular complexity index is 363. The highest BCUT2D eigenvalue weighted by molar-refractivity contribution is 4.95. The van der Waals surface area contributed by atoms with Crippen LogP contribution < -0.4 is 0 Å². The third kappa shape index (κ3) is 3.97. The van der Waals surface area contributed by atoms with Crippen LogP contribution in [0, 0.1) is 0 Å². The molecule has 0 atom stereocenters. The second-order valence-corrected chi connectivity index (χ2v) is 3.76. The van der Waals surface area contributed by atoms with Crippen LogP contribution in [0.15, 0.2) is 0 Å². The van der Waals surface area contributed by atoms with E-state index in [0.29, 0.717) is 5.82 Å². The average Bonchev–Trinajstić information content (AvgIpc) is 2.58. The van der Waals surface area contributed by atoms with Crippen molar-refractivity contribution in [2.24, 2.45) is 0 Å². The Balaban J connectivity index is 2.68. The van der Waals surface area contributed by atoms with Gasteiger partial charge in [0.25, 0.3) is 0 Å². The van der Waals surface area contributed by atoms with Crippen LogP contribution in [0.5, 0.6) is 0 Å². The number of ether oxygens (including phenoxy) is 1. The molecular weight excluding hydrogens is 239 g/mol. The Hall–Kier alpha value is -1.15. The van der Waals surface area contributed by atoms with Gasteiger partial charge >= 0.3 is 6.18 Å². The number of aliphatic hydroxyl groups excluding tert-OH is 1. The summed E-state index contributed by atoms with van der Waals surface area (Å²) < 4.78 is 41.7. The van der Waals surface area contributed by atoms with E-state index < -0.39 is 12.8 Å². The van der Waals surface area contributed by atoms with Gasteiger partial charge in [0.1, 0.15) is 19.8 Å². The van der Waals surface area contributed by atoms with Crippen LogP contribution in [0.25, 0.3) is 0 Å². The van der Waals surface area contributed by atoms with E-state index in [1.54, 1.807) is 4.57 Å². The quantitative estimate of drug-likeness (QED) is 0.862. The lowest BCUT2D eigenvalue weighted by atomic mass is 10.3. The molecule has 0 saturated carbocycles. The minimum absolute atomic E-state index is 0.0587. The van der Waals surface area contributed by atoms with Gasteiger partial charge in [0.15, 0.2) is 11.6 Å². The number of hydrogen-bond acceptors (Lipinski definition) is 4. The zero-order valence-electron chi connectivity index (χ0n) is 9.53. The predicted molar refractivity (Wildman–Crippen MR) is 52.0 cm³/mol. The van der Waals surface area contributed by atoms with Crippen molar-refractivity contribution in [1.82, 2.24) is 14.8 Å². The fraction of sp³-hybridized carbons (Fsp3) is 0.778. The van der Waals surface area contributed by atoms with E-state index in [4.69, 9.17) is 5.11 Å². The molecule has 8 heteroatoms. The van der Waals surface area contributed by atoms with Crippen LogP contribution >= 0.6 is 0 Å². The molecule has 0 fully saturated rings. The van der Waals surface area contributed by atoms with Crippen LogP contribution in [-0.4, -0.2) is 32.7 Å². The minimum Gasteiger partial charge on any atom is -0.388 e. The van der Waals surface area contributed by atoms with Gasteiger partial charge in [-0.05, 0) is 13.8 Å². The molecule has 0 aliphatic carbocycles. The summed E-state index contributed by atoms with van der Waals surface area (Å²) in [5, 5.41) is 16.4. The van der Waals surface area contributed by atoms with Gasteiger partial charge < -0.3 is 14.4 Å². The first kappa shape index (κ1) is 13.9. The van der Waals surface area contributed by atoms with E-state index in [-0.39, 0.29) is 25.1 Å². The Morgan fingerprint density at radius 1 is 1.29 bits per heavy atom. The van der Waals surface area contributed by atoms with Crippen LogP contribution in [0.2, 0.25) is 0 Å². The zero-order valence-corrected chi connectivity index (χ0v) is 9.53. The molecule has 0 bridgehead atoms. The Labute approximate surface area is 96.2 Å². The second kappa shape index (κ2) is 5.46. The molecule has 1 aromatic heterocycles. The first-order valence-electron chi connectivity index (χ1n) is 5.03. The van der Waals surface area contributed by atoms with E-state index in [9.17, 15) is 13.2 Å². The standard InChI is InChI=1S/C9H14F3N3O2/c1-6(2)15-7(3-16)13-14-8(15)4-17-5-9(10,11)12/h6,16H,3-5H2,1-2H3. The maximum absolute atomic E-state index is 11.9. The maximum atomic E-state index is 11.9. The number of aliphatic hydroxyl groups is 1. The van der Waals surface area contributed by atoms with Crippen LogP contribution in [0.3, 0.4) is 0 Å². The third-order valence-electron chi connectivity index (χ3n) is 1.99. The highest BCUT2D eigenvalue weighted by atomic mass is 19.4. The molecule has 0 unspecified atom stereocenters. The number of halogens is 3. The van der Waals surface area contributed by atoms with Gasteiger partial charge in [0, 0.05) is 6.04 Å². The lowest BCUT2D eigenvalue weighted by molar-refractivity contribution is -0.177. The summed E-state index contributed by atoms with van der Waals surface area (Å²) >= 11 is 0. The number of rotatable bonds is 5. The molecule has 0 aliphatic rings. The van der Waals surface area contributed by atoms with Gasteiger partial charge in [-0.25, -0.2) is 0 Å². The lowest BCUT2D eigenvalue weighted by Gasteiger charge is -2.13. The Morgan fingerprint density at radius 3 is 2.35 bits per heavy atom. The number of alkyl halides is 3. The van der Waals surface area contributed by atoms with Crippen LogP contribution in [-0.2, 0) is 18.0 Å². The summed E-state index contributed by atoms with van der Waals surface area (Å²) in [6.07, 6.45) is -4.36. The summed E-state index contributed by atoms with van der Waals surface area (Å²) in [5.41, 5.74) is 0. The third-order valence-corrected chi connectivity index (χ3v) is 1.99. The largest absolute Gasteiger partial charge is 0.411 e. The van der Waals surface area contributed by atoms with E-state index in [0.717, 1.165) is 0 Å². The molecule has 5 nitrogen and oxygen atoms in total. The highest BCUT2D eigenvalue weighted by Gasteiger charge is 2.28. The van der Waals surface area contributed by atoms with Crippen molar-refractivity contribution in [2.75, 3.05) is 6.61 Å². The Kier molecular flexibility index (Phi) is 4.47. The molecular formula is C9H14F3N3O2. The molecule has 0 saturated heterocycles. The second-order valence-electron chi connectivity index (χ2n) is 3.76. The summed E-state index contributed by atoms with van der Waals surface area (Å²) in [6, 6.07) is -0.0587. The molecule has 0 radical (unpaired) electrons. The summed E-state index contributed by atoms with van der Waals surface area (Å²) in [6.45, 7) is 1.70. The van der Waals surface area contributed by atoms with Crippen molar-refractivity contribution in [2.45, 2.75) is 39.3 Å². The van der Waals surface area contributed by atoms with Crippen molar-refractivity contribution in [3.63, 3.8) is 0 Å². The topological polar surface area (TPSA) is 60.2 Å². The fourth-order valence-electron chi connectivity index (χ4n) is 1.42. The monoisotopic (exact) mass is 253 g/mol. The summed E-state index contributed by atoms with van der Waals surface area (Å²) in [4.78, 5) is 0. The van der Waals surface area contributed by atoms with Gasteiger partial charge in [-0.1, -0.05) is 0 Å². The van der Waals surface area contributed by atoms with Gasteiger partial charge in [0.05, 0.1) is 0 Å². The number of nitrogens with zero attached hydrogens (tertiary/aromatic N) is 3. The summed E-state index contributed by atoms with van der Waals surface area (Å²) in [5.74, 6) is 0.582. The molecule has 0 spiro atoms. The molecule has 1 heterocycles. The van der Waals surface area contributed by atoms with Crippen molar-refractivity contribution in [1.29, 1.82) is 0 Å². The zero-order chi connectivity index (χ0) is 13.1.